The lowest BCUT2D eigenvalue weighted by molar-refractivity contribution is 0.460. The van der Waals surface area contributed by atoms with Gasteiger partial charge >= 0.3 is 0 Å². The van der Waals surface area contributed by atoms with Crippen LogP contribution in [0.3, 0.4) is 0 Å². The summed E-state index contributed by atoms with van der Waals surface area (Å²) in [6.07, 6.45) is 0. The zero-order valence-corrected chi connectivity index (χ0v) is 20.4. The van der Waals surface area contributed by atoms with Gasteiger partial charge in [0, 0.05) is 9.79 Å². The second-order valence-corrected chi connectivity index (χ2v) is 9.71. The van der Waals surface area contributed by atoms with E-state index in [1.807, 2.05) is 72.8 Å². The maximum absolute atomic E-state index is 15.7. The van der Waals surface area contributed by atoms with Crippen LogP contribution < -0.4 is 4.74 Å². The van der Waals surface area contributed by atoms with E-state index in [-0.39, 0.29) is 32.0 Å². The molecule has 4 aromatic rings. The van der Waals surface area contributed by atoms with Crippen LogP contribution in [-0.4, -0.2) is 0 Å². The molecule has 0 radical (unpaired) electrons. The highest BCUT2D eigenvalue weighted by molar-refractivity contribution is 8.02. The predicted molar refractivity (Wildman–Crippen MR) is 133 cm³/mol. The summed E-state index contributed by atoms with van der Waals surface area (Å²) in [4.78, 5) is 2.08. The standard InChI is InChI=1S/C26H13Cl2FN2OS2/c27-20-12-7-13-21(22(20)28)32-24-19(15-31)18(14-30)23(29)25(33-16-8-3-1-4-9-16)26(24)34-17-10-5-2-6-11-17/h1-13H. The zero-order valence-electron chi connectivity index (χ0n) is 17.3. The minimum Gasteiger partial charge on any atom is -0.453 e. The molecule has 166 valence electrons. The normalized spacial score (nSPS) is 10.4. The van der Waals surface area contributed by atoms with Crippen LogP contribution in [0.25, 0.3) is 0 Å². The summed E-state index contributed by atoms with van der Waals surface area (Å²) >= 11 is 14.9. The average molecular weight is 523 g/mol. The summed E-state index contributed by atoms with van der Waals surface area (Å²) in [5.41, 5.74) is -0.613. The van der Waals surface area contributed by atoms with Crippen LogP contribution in [0.15, 0.2) is 98.4 Å². The molecule has 0 unspecified atom stereocenters. The first-order valence-electron chi connectivity index (χ1n) is 9.80. The summed E-state index contributed by atoms with van der Waals surface area (Å²) in [5.74, 6) is -0.556. The van der Waals surface area contributed by atoms with E-state index in [0.29, 0.717) is 4.90 Å². The van der Waals surface area contributed by atoms with Gasteiger partial charge in [-0.15, -0.1) is 0 Å². The van der Waals surface area contributed by atoms with Crippen LogP contribution in [0.1, 0.15) is 11.1 Å². The molecule has 0 saturated heterocycles. The number of halogens is 3. The minimum atomic E-state index is -0.782. The summed E-state index contributed by atoms with van der Waals surface area (Å²) in [7, 11) is 0. The fraction of sp³-hybridized carbons (Fsp3) is 0. The van der Waals surface area contributed by atoms with Gasteiger partial charge in [-0.1, -0.05) is 89.2 Å². The molecule has 34 heavy (non-hydrogen) atoms. The number of hydrogen-bond donors (Lipinski definition) is 0. The van der Waals surface area contributed by atoms with Crippen molar-refractivity contribution in [1.29, 1.82) is 10.5 Å². The van der Waals surface area contributed by atoms with Gasteiger partial charge in [-0.25, -0.2) is 4.39 Å². The Hall–Kier alpha value is -3.13. The Morgan fingerprint density at radius 1 is 0.706 bits per heavy atom. The summed E-state index contributed by atoms with van der Waals surface area (Å²) in [6, 6.07) is 27.1. The molecule has 0 aliphatic heterocycles. The third-order valence-electron chi connectivity index (χ3n) is 4.59. The van der Waals surface area contributed by atoms with Crippen molar-refractivity contribution in [2.75, 3.05) is 0 Å². The van der Waals surface area contributed by atoms with Gasteiger partial charge in [0.1, 0.15) is 34.0 Å². The lowest BCUT2D eigenvalue weighted by Crippen LogP contribution is -2.02. The van der Waals surface area contributed by atoms with E-state index in [1.54, 1.807) is 18.2 Å². The van der Waals surface area contributed by atoms with Gasteiger partial charge in [0.05, 0.1) is 14.8 Å². The van der Waals surface area contributed by atoms with Gasteiger partial charge in [0.25, 0.3) is 0 Å². The molecule has 0 saturated carbocycles. The Morgan fingerprint density at radius 2 is 1.26 bits per heavy atom. The SMILES string of the molecule is N#Cc1c(F)c(Sc2ccccc2)c(Sc2ccccc2)c(Oc2cccc(Cl)c2Cl)c1C#N. The molecule has 0 aliphatic carbocycles. The summed E-state index contributed by atoms with van der Waals surface area (Å²) in [5, 5.41) is 20.0. The zero-order chi connectivity index (χ0) is 24.1. The van der Waals surface area contributed by atoms with Crippen LogP contribution >= 0.6 is 46.7 Å². The number of rotatable bonds is 6. The molecular weight excluding hydrogens is 510 g/mol. The largest absolute Gasteiger partial charge is 0.453 e. The van der Waals surface area contributed by atoms with Crippen molar-refractivity contribution in [2.45, 2.75) is 19.6 Å². The predicted octanol–water partition coefficient (Wildman–Crippen LogP) is 8.97. The average Bonchev–Trinajstić information content (AvgIpc) is 2.86. The van der Waals surface area contributed by atoms with E-state index in [9.17, 15) is 10.5 Å². The first-order chi connectivity index (χ1) is 16.5. The second kappa shape index (κ2) is 10.9. The highest BCUT2D eigenvalue weighted by Gasteiger charge is 2.28. The van der Waals surface area contributed by atoms with Crippen molar-refractivity contribution < 1.29 is 9.13 Å². The van der Waals surface area contributed by atoms with E-state index in [4.69, 9.17) is 27.9 Å². The number of benzene rings is 4. The first-order valence-corrected chi connectivity index (χ1v) is 12.2. The van der Waals surface area contributed by atoms with Gasteiger partial charge in [-0.05, 0) is 36.4 Å². The lowest BCUT2D eigenvalue weighted by atomic mass is 10.1. The molecule has 0 atom stereocenters. The molecule has 8 heteroatoms. The Labute approximate surface area is 214 Å². The monoisotopic (exact) mass is 522 g/mol. The van der Waals surface area contributed by atoms with Crippen molar-refractivity contribution in [2.24, 2.45) is 0 Å². The van der Waals surface area contributed by atoms with E-state index in [0.717, 1.165) is 21.6 Å². The molecule has 0 bridgehead atoms. The molecule has 0 spiro atoms. The van der Waals surface area contributed by atoms with Crippen molar-refractivity contribution in [3.05, 3.63) is 106 Å². The summed E-state index contributed by atoms with van der Waals surface area (Å²) in [6.45, 7) is 0. The number of nitriles is 2. The van der Waals surface area contributed by atoms with Crippen LogP contribution in [0.2, 0.25) is 10.0 Å². The maximum atomic E-state index is 15.7. The second-order valence-electron chi connectivity index (χ2n) is 6.76. The van der Waals surface area contributed by atoms with Crippen molar-refractivity contribution in [3.63, 3.8) is 0 Å². The van der Waals surface area contributed by atoms with E-state index < -0.39 is 11.4 Å². The van der Waals surface area contributed by atoms with E-state index in [2.05, 4.69) is 0 Å². The number of ether oxygens (including phenoxy) is 1. The lowest BCUT2D eigenvalue weighted by Gasteiger charge is -2.19. The molecular formula is C26H13Cl2FN2OS2. The third-order valence-corrected chi connectivity index (χ3v) is 7.71. The molecule has 0 aromatic heterocycles. The molecule has 4 rings (SSSR count). The van der Waals surface area contributed by atoms with Crippen LogP contribution in [0, 0.1) is 28.5 Å². The Bertz CT molecular complexity index is 1440. The van der Waals surface area contributed by atoms with Crippen molar-refractivity contribution >= 4 is 46.7 Å². The number of nitrogens with zero attached hydrogens (tertiary/aromatic N) is 2. The van der Waals surface area contributed by atoms with Gasteiger partial charge in [0.15, 0.2) is 11.6 Å². The molecule has 0 N–H and O–H groups in total. The molecule has 0 amide bonds. The van der Waals surface area contributed by atoms with Crippen LogP contribution in [-0.2, 0) is 0 Å². The van der Waals surface area contributed by atoms with E-state index >= 15 is 4.39 Å². The smallest absolute Gasteiger partial charge is 0.161 e. The Morgan fingerprint density at radius 3 is 1.82 bits per heavy atom. The van der Waals surface area contributed by atoms with E-state index in [1.165, 1.54) is 11.8 Å². The highest BCUT2D eigenvalue weighted by Crippen LogP contribution is 2.50. The Balaban J connectivity index is 2.00. The summed E-state index contributed by atoms with van der Waals surface area (Å²) < 4.78 is 21.8. The van der Waals surface area contributed by atoms with Crippen LogP contribution in [0.4, 0.5) is 4.39 Å². The molecule has 0 aliphatic rings. The minimum absolute atomic E-state index is 0.0388. The molecule has 0 fully saturated rings. The van der Waals surface area contributed by atoms with Gasteiger partial charge in [0.2, 0.25) is 0 Å². The van der Waals surface area contributed by atoms with Crippen molar-refractivity contribution in [3.8, 4) is 23.6 Å². The van der Waals surface area contributed by atoms with Gasteiger partial charge < -0.3 is 4.74 Å². The molecule has 3 nitrogen and oxygen atoms in total. The third kappa shape index (κ3) is 5.01. The quantitative estimate of drug-likeness (QED) is 0.252. The number of hydrogen-bond acceptors (Lipinski definition) is 5. The molecule has 0 heterocycles. The highest BCUT2D eigenvalue weighted by atomic mass is 35.5. The fourth-order valence-electron chi connectivity index (χ4n) is 3.03. The fourth-order valence-corrected chi connectivity index (χ4v) is 5.47. The van der Waals surface area contributed by atoms with Gasteiger partial charge in [-0.2, -0.15) is 10.5 Å². The van der Waals surface area contributed by atoms with Crippen LogP contribution in [0.5, 0.6) is 11.5 Å². The van der Waals surface area contributed by atoms with Crippen molar-refractivity contribution in [1.82, 2.24) is 0 Å². The molecule has 4 aromatic carbocycles. The first kappa shape index (κ1) is 24.0. The Kier molecular flexibility index (Phi) is 7.67. The topological polar surface area (TPSA) is 56.8 Å². The van der Waals surface area contributed by atoms with Gasteiger partial charge in [-0.3, -0.25) is 0 Å². The maximum Gasteiger partial charge on any atom is 0.161 e.